The number of esters is 12. The second kappa shape index (κ2) is 150. The maximum atomic E-state index is 11.4. The Balaban J connectivity index is -0.000000121. The summed E-state index contributed by atoms with van der Waals surface area (Å²) in [5, 5.41) is 0. The zero-order valence-electron chi connectivity index (χ0n) is 60.4. The van der Waals surface area contributed by atoms with Gasteiger partial charge in [-0.1, -0.05) is 0 Å². The predicted octanol–water partition coefficient (Wildman–Crippen LogP) is 8.97. The summed E-state index contributed by atoms with van der Waals surface area (Å²) in [4.78, 5) is 136. The number of halogens is 24. The minimum atomic E-state index is -1.12. The third-order valence-corrected chi connectivity index (χ3v) is 8.76. The molecule has 3 fully saturated rings. The molecule has 720 valence electrons. The summed E-state index contributed by atoms with van der Waals surface area (Å²) < 4.78 is 118. The van der Waals surface area contributed by atoms with Gasteiger partial charge in [-0.25, -0.2) is 57.5 Å². The van der Waals surface area contributed by atoms with Crippen molar-refractivity contribution in [2.75, 3.05) is 238 Å². The molecule has 72 heteroatoms. The summed E-state index contributed by atoms with van der Waals surface area (Å²) in [6.07, 6.45) is 0. The first-order valence-electron chi connectivity index (χ1n) is 29.7. The Bertz CT molecular complexity index is 1740. The van der Waals surface area contributed by atoms with Crippen LogP contribution < -0.4 is 0 Å². The predicted molar refractivity (Wildman–Crippen MR) is 436 cm³/mol. The van der Waals surface area contributed by atoms with Crippen molar-refractivity contribution in [1.82, 2.24) is 0 Å². The number of cyclic esters (lactones) is 12. The van der Waals surface area contributed by atoms with Crippen molar-refractivity contribution in [1.29, 1.82) is 0 Å². The molecule has 0 aliphatic carbocycles. The normalized spacial score (nSPS) is 16.9. The molecule has 36 nitrogen and oxygen atoms in total. The molecule has 0 aromatic heterocycles. The molecule has 0 aromatic carbocycles. The Morgan fingerprint density at radius 2 is 0.225 bits per heavy atom. The van der Waals surface area contributed by atoms with Gasteiger partial charge < -0.3 is 114 Å². The number of hydrogen-bond donors (Lipinski definition) is 0. The van der Waals surface area contributed by atoms with E-state index in [1.807, 2.05) is 0 Å². The summed E-state index contributed by atoms with van der Waals surface area (Å²) in [6, 6.07) is 0. The van der Waals surface area contributed by atoms with Crippen LogP contribution in [0.1, 0.15) is 0 Å². The fraction of sp³-hybridized carbons (Fsp3) is 0.750. The summed E-state index contributed by atoms with van der Waals surface area (Å²) in [6.45, 7) is 1.54. The SMILES string of the molecule is O=C1OCCOCCOCCOC(=O)C(=O)OCCOCCOCCOC1=O.O=C1OCCOCCOCCOC(=O)C(=O)OCCOCCOCCOC1=O.O=C1OCCOCCOCCOC(=O)C(=O)OCCOCCOCCOC1=O.[Cl][Co][Cl].[Cl][Co][Cl].[Cl][Nb][Cl].[Cl][Nb][Cl].[Cl][Ni][Cl].[Cl][Ni][Cl].[Cl][Sn][Cl].[Cl][Sn][Cl].[Cl][Sn][Cl].[Cl][Sn][Cl].[Cl][Sn][Cl].[Cl][Sn][Cl]. The van der Waals surface area contributed by atoms with Crippen LogP contribution in [0.5, 0.6) is 0 Å². The van der Waals surface area contributed by atoms with Crippen molar-refractivity contribution in [2.24, 2.45) is 0 Å². The van der Waals surface area contributed by atoms with Crippen LogP contribution in [0.25, 0.3) is 0 Å². The van der Waals surface area contributed by atoms with E-state index >= 15 is 0 Å². The molecule has 3 heterocycles. The molecule has 3 aliphatic heterocycles. The second-order valence-corrected chi connectivity index (χ2v) is 54.5. The van der Waals surface area contributed by atoms with Crippen LogP contribution in [-0.4, -0.2) is 423 Å². The van der Waals surface area contributed by atoms with Crippen molar-refractivity contribution in [3.05, 3.63) is 0 Å². The van der Waals surface area contributed by atoms with Gasteiger partial charge in [-0.3, -0.25) is 0 Å². The molecule has 0 bridgehead atoms. The number of hydrogen-bond acceptors (Lipinski definition) is 36. The van der Waals surface area contributed by atoms with E-state index in [0.717, 1.165) is 0 Å². The summed E-state index contributed by atoms with van der Waals surface area (Å²) in [7, 11) is 117. The molecule has 3 saturated heterocycles. The van der Waals surface area contributed by atoms with Gasteiger partial charge in [0.15, 0.2) is 0 Å². The molecular formula is C48H72Cl24Co2Nb2Ni2O36Sn6. The Morgan fingerprint density at radius 1 is 0.183 bits per heavy atom. The first kappa shape index (κ1) is 154. The number of rotatable bonds is 0. The van der Waals surface area contributed by atoms with Gasteiger partial charge in [-0.2, -0.15) is 0 Å². The maximum absolute atomic E-state index is 11.4. The molecule has 0 aromatic rings. The van der Waals surface area contributed by atoms with Crippen LogP contribution in [0.4, 0.5) is 0 Å². The van der Waals surface area contributed by atoms with Crippen molar-refractivity contribution in [3.8, 4) is 0 Å². The van der Waals surface area contributed by atoms with Gasteiger partial charge in [0.05, 0.1) is 159 Å². The van der Waals surface area contributed by atoms with Crippen molar-refractivity contribution < 1.29 is 257 Å². The Kier molecular flexibility index (Phi) is 193. The summed E-state index contributed by atoms with van der Waals surface area (Å²) >= 11 is -4.46. The molecule has 0 N–H and O–H groups in total. The zero-order chi connectivity index (χ0) is 93.8. The van der Waals surface area contributed by atoms with Crippen LogP contribution in [0.2, 0.25) is 0 Å². The monoisotopic (exact) mass is 3200 g/mol. The second-order valence-electron chi connectivity index (χ2n) is 15.7. The van der Waals surface area contributed by atoms with Crippen LogP contribution in [-0.2, 0) is 257 Å². The molecule has 0 spiro atoms. The number of carbonyl (C=O) groups excluding carboxylic acids is 12. The Labute approximate surface area is 890 Å². The first-order valence-corrected chi connectivity index (χ1v) is 95.6. The van der Waals surface area contributed by atoms with E-state index in [0.29, 0.717) is 51.1 Å². The molecule has 0 atom stereocenters. The molecule has 120 heavy (non-hydrogen) atoms. The van der Waals surface area contributed by atoms with Gasteiger partial charge >= 0.3 is 496 Å². The standard InChI is InChI=1S/3C16H24O12.24ClH.2Co.2Nb.2Ni.6Sn/c3*17-13-14(18)27-11-7-23-3-4-24-8-12-28-16(20)15(19)26-10-6-22-2-1-21-5-9-25-13;;;;;;;;;;;;;;;;;;;;;;;;;;;;;;;;;;;;/h3*1-12H2;24*1H;;;;;;;;;;;;/q;;;;;;;;;;;;;;;;;;;;;;;;;;;12*+2/p-24. The molecule has 12 radical (unpaired) electrons. The van der Waals surface area contributed by atoms with Gasteiger partial charge in [0.2, 0.25) is 0 Å². The summed E-state index contributed by atoms with van der Waals surface area (Å²) in [5.74, 6) is -13.4. The van der Waals surface area contributed by atoms with Crippen molar-refractivity contribution >= 4 is 410 Å². The average molecular weight is 3210 g/mol. The first-order chi connectivity index (χ1) is 57.8. The average Bonchev–Trinajstić information content (AvgIpc) is 1.00. The molecule has 0 unspecified atom stereocenters. The van der Waals surface area contributed by atoms with E-state index in [1.54, 1.807) is 0 Å². The minimum absolute atomic E-state index is 0.0618. The molecule has 0 saturated carbocycles. The number of carbonyl (C=O) groups is 12. The molecular weight excluding hydrogens is 3140 g/mol. The van der Waals surface area contributed by atoms with E-state index in [-0.39, 0.29) is 238 Å². The zero-order valence-corrected chi connectivity index (χ0v) is 104. The van der Waals surface area contributed by atoms with Crippen LogP contribution in [0, 0.1) is 0 Å². The van der Waals surface area contributed by atoms with Gasteiger partial charge in [0, 0.05) is 0 Å². The van der Waals surface area contributed by atoms with E-state index in [2.05, 4.69) is 56.8 Å². The van der Waals surface area contributed by atoms with Gasteiger partial charge in [0.1, 0.15) is 79.3 Å². The third kappa shape index (κ3) is 163. The molecule has 3 rings (SSSR count). The van der Waals surface area contributed by atoms with E-state index in [1.165, 1.54) is 0 Å². The fourth-order valence-corrected chi connectivity index (χ4v) is 4.96. The Morgan fingerprint density at radius 3 is 0.275 bits per heavy atom. The van der Waals surface area contributed by atoms with E-state index in [9.17, 15) is 57.5 Å². The van der Waals surface area contributed by atoms with E-state index in [4.69, 9.17) is 282 Å². The van der Waals surface area contributed by atoms with Gasteiger partial charge in [-0.15, -0.1) is 0 Å². The fourth-order valence-electron chi connectivity index (χ4n) is 4.96. The topological polar surface area (TPSA) is 426 Å². The molecule has 3 aliphatic rings. The van der Waals surface area contributed by atoms with Crippen molar-refractivity contribution in [3.63, 3.8) is 0 Å². The molecule has 0 amide bonds. The quantitative estimate of drug-likeness (QED) is 0.0944. The van der Waals surface area contributed by atoms with Gasteiger partial charge in [-0.05, 0) is 0 Å². The number of ether oxygens (including phenoxy) is 24. The van der Waals surface area contributed by atoms with Crippen LogP contribution in [0.3, 0.4) is 0 Å². The van der Waals surface area contributed by atoms with Gasteiger partial charge in [0.25, 0.3) is 0 Å². The third-order valence-electron chi connectivity index (χ3n) is 8.76. The van der Waals surface area contributed by atoms with Crippen molar-refractivity contribution in [2.45, 2.75) is 0 Å². The van der Waals surface area contributed by atoms with E-state index < -0.39 is 220 Å². The summed E-state index contributed by atoms with van der Waals surface area (Å²) in [5.41, 5.74) is 0. The Hall–Kier alpha value is 8.39. The van der Waals surface area contributed by atoms with Crippen LogP contribution >= 0.6 is 225 Å². The van der Waals surface area contributed by atoms with Crippen LogP contribution in [0.15, 0.2) is 0 Å².